The molecule has 5 aromatic rings. The number of alkyl halides is 3. The number of nitrogens with one attached hydrogen (secondary N) is 3. The Hall–Kier alpha value is -7.12. The topological polar surface area (TPSA) is 228 Å². The summed E-state index contributed by atoms with van der Waals surface area (Å²) >= 11 is 7.86. The van der Waals surface area contributed by atoms with E-state index in [1.807, 2.05) is 59.3 Å². The maximum absolute atomic E-state index is 14.4. The molecule has 0 radical (unpaired) electrons. The number of sulfone groups is 1. The van der Waals surface area contributed by atoms with Gasteiger partial charge in [0.1, 0.15) is 10.9 Å². The second-order valence-electron chi connectivity index (χ2n) is 30.2. The van der Waals surface area contributed by atoms with Crippen LogP contribution in [0, 0.1) is 11.3 Å². The summed E-state index contributed by atoms with van der Waals surface area (Å²) in [5.74, 6) is -0.696. The lowest BCUT2D eigenvalue weighted by molar-refractivity contribution is -0.137. The number of benzene rings is 5. The Bertz CT molecular complexity index is 4260. The van der Waals surface area contributed by atoms with Crippen molar-refractivity contribution in [1.29, 1.82) is 0 Å². The number of anilines is 3. The van der Waals surface area contributed by atoms with E-state index in [-0.39, 0.29) is 35.1 Å². The first kappa shape index (κ1) is 78.0. The first-order valence-electron chi connectivity index (χ1n) is 37.7. The smallest absolute Gasteiger partial charge is 0.380 e. The van der Waals surface area contributed by atoms with E-state index in [1.54, 1.807) is 17.0 Å². The molecule has 29 heteroatoms. The van der Waals surface area contributed by atoms with Gasteiger partial charge >= 0.3 is 5.51 Å². The number of thioether (sulfide) groups is 1. The quantitative estimate of drug-likeness (QED) is 0.0366. The van der Waals surface area contributed by atoms with Gasteiger partial charge in [-0.15, -0.1) is 11.8 Å². The molecule has 8 aliphatic rings. The summed E-state index contributed by atoms with van der Waals surface area (Å²) in [5.41, 5.74) is 1.21. The van der Waals surface area contributed by atoms with E-state index in [0.29, 0.717) is 107 Å². The third-order valence-corrected chi connectivity index (χ3v) is 27.0. The molecule has 13 rings (SSSR count). The van der Waals surface area contributed by atoms with Crippen LogP contribution in [-0.4, -0.2) is 255 Å². The molecule has 576 valence electrons. The van der Waals surface area contributed by atoms with Gasteiger partial charge in [-0.25, -0.2) is 21.6 Å². The van der Waals surface area contributed by atoms with Crippen molar-refractivity contribution in [3.63, 3.8) is 0 Å². The Morgan fingerprint density at radius 3 is 2.10 bits per heavy atom. The number of hydrogen-bond donors (Lipinski definition) is 3. The number of ether oxygens (including phenoxy) is 1. The van der Waals surface area contributed by atoms with Gasteiger partial charge in [0.2, 0.25) is 17.7 Å². The van der Waals surface area contributed by atoms with E-state index >= 15 is 0 Å². The third kappa shape index (κ3) is 19.5. The van der Waals surface area contributed by atoms with Gasteiger partial charge in [0.25, 0.3) is 31.7 Å². The second-order valence-corrected chi connectivity index (χ2v) is 35.3. The fourth-order valence-corrected chi connectivity index (χ4v) is 19.6. The van der Waals surface area contributed by atoms with Gasteiger partial charge in [-0.05, 0) is 190 Å². The zero-order valence-electron chi connectivity index (χ0n) is 60.8. The normalized spacial score (nSPS) is 22.2. The summed E-state index contributed by atoms with van der Waals surface area (Å²) in [4.78, 5) is 84.3. The molecule has 1 unspecified atom stereocenters. The lowest BCUT2D eigenvalue weighted by atomic mass is 9.71. The minimum absolute atomic E-state index is 0.0120. The molecule has 6 fully saturated rings. The van der Waals surface area contributed by atoms with E-state index in [1.165, 1.54) is 40.6 Å². The highest BCUT2D eigenvalue weighted by Gasteiger charge is 2.49. The number of halogens is 4. The summed E-state index contributed by atoms with van der Waals surface area (Å²) in [5, 5.41) is 6.09. The van der Waals surface area contributed by atoms with Gasteiger partial charge in [-0.3, -0.25) is 48.9 Å². The molecule has 6 saturated heterocycles. The molecule has 3 atom stereocenters. The number of likely N-dealkylation sites (tertiary alicyclic amines) is 1. The Kier molecular flexibility index (Phi) is 25.1. The highest BCUT2D eigenvalue weighted by molar-refractivity contribution is 7.99. The van der Waals surface area contributed by atoms with Crippen LogP contribution in [0.15, 0.2) is 136 Å². The first-order chi connectivity index (χ1) is 51.4. The maximum atomic E-state index is 14.4. The molecule has 0 bridgehead atoms. The number of carbonyl (C=O) groups is 5. The summed E-state index contributed by atoms with van der Waals surface area (Å²) in [6.07, 6.45) is 8.02. The highest BCUT2D eigenvalue weighted by atomic mass is 35.5. The van der Waals surface area contributed by atoms with Crippen molar-refractivity contribution in [2.45, 2.75) is 110 Å². The minimum atomic E-state index is -6.10. The van der Waals surface area contributed by atoms with Crippen LogP contribution in [-0.2, 0) is 45.5 Å². The molecule has 7 aliphatic heterocycles. The molecule has 1 aliphatic carbocycles. The maximum Gasteiger partial charge on any atom is 0.501 e. The van der Waals surface area contributed by atoms with Crippen LogP contribution < -0.4 is 25.2 Å². The van der Waals surface area contributed by atoms with E-state index in [2.05, 4.69) is 75.0 Å². The number of piperazine rings is 3. The van der Waals surface area contributed by atoms with Gasteiger partial charge in [0, 0.05) is 175 Å². The monoisotopic (exact) mass is 1550 g/mol. The molecular weight excluding hydrogens is 1450 g/mol. The van der Waals surface area contributed by atoms with Crippen LogP contribution in [0.1, 0.15) is 103 Å². The summed E-state index contributed by atoms with van der Waals surface area (Å²) < 4.78 is 105. The predicted octanol–water partition coefficient (Wildman–Crippen LogP) is 9.03. The number of carbonyl (C=O) groups excluding carboxylic acids is 5. The molecule has 107 heavy (non-hydrogen) atoms. The van der Waals surface area contributed by atoms with Crippen molar-refractivity contribution in [1.82, 2.24) is 44.3 Å². The van der Waals surface area contributed by atoms with Gasteiger partial charge in [-0.2, -0.15) is 13.2 Å². The number of fused-ring (bicyclic) bond motifs is 1. The Morgan fingerprint density at radius 1 is 0.710 bits per heavy atom. The van der Waals surface area contributed by atoms with Crippen molar-refractivity contribution >= 4 is 95.4 Å². The van der Waals surface area contributed by atoms with Crippen molar-refractivity contribution < 1.29 is 58.7 Å². The average molecular weight is 1550 g/mol. The molecule has 7 heterocycles. The van der Waals surface area contributed by atoms with Crippen LogP contribution >= 0.6 is 23.4 Å². The average Bonchev–Trinajstić information content (AvgIpc) is 1.76. The second kappa shape index (κ2) is 34.4. The Labute approximate surface area is 635 Å². The third-order valence-electron chi connectivity index (χ3n) is 22.8. The predicted molar refractivity (Wildman–Crippen MR) is 409 cm³/mol. The summed E-state index contributed by atoms with van der Waals surface area (Å²) in [7, 11) is -11.0. The van der Waals surface area contributed by atoms with Crippen molar-refractivity contribution in [3.8, 4) is 0 Å². The standard InChI is InChI=1S/C78H98ClF3N12O10S3/c1-77(55-90-37-43-93(44-38-90)73(96)53-88-30-24-56(25-31-88)23-29-87-33-39-92(40-34-87)64-16-18-68-59(48-64)52-94(76(68)99)70-20-21-72(95)84-75(70)98)27-22-67(57-8-12-61(79)13-9-57)60(50-77)51-89-35-41-91(42-36-89)63-14-10-58(11-15-63)74(97)85-107(102,103)66-17-19-69(71(49-66)106(100,101)78(80,81)82)83-62(54-105-65-6-3-2-4-7-65)26-32-86-28-5-46-104-47-45-86/h2-4,6-19,48-49,56,62,70,83H,5,20-47,50-55H2,1H3,(H,85,97)(H,84,95,98)/t62-,70?,77-/m1/s1. The van der Waals surface area contributed by atoms with Gasteiger partial charge in [-0.1, -0.05) is 54.4 Å². The molecule has 0 aromatic heterocycles. The number of sulfonamides is 1. The molecule has 3 N–H and O–H groups in total. The van der Waals surface area contributed by atoms with Crippen LogP contribution in [0.25, 0.3) is 5.57 Å². The summed E-state index contributed by atoms with van der Waals surface area (Å²) in [6.45, 7) is 20.7. The lowest BCUT2D eigenvalue weighted by Gasteiger charge is -2.44. The first-order valence-corrected chi connectivity index (χ1v) is 42.0. The fourth-order valence-electron chi connectivity index (χ4n) is 16.5. The fraction of sp³-hybridized carbons (Fsp3) is 0.526. The number of hydrogen-bond acceptors (Lipinski definition) is 19. The molecule has 0 saturated carbocycles. The number of nitrogens with zero attached hydrogens (tertiary/aromatic N) is 9. The van der Waals surface area contributed by atoms with Crippen molar-refractivity contribution in [2.75, 3.05) is 172 Å². The largest absolute Gasteiger partial charge is 0.501 e. The van der Waals surface area contributed by atoms with Crippen molar-refractivity contribution in [2.24, 2.45) is 11.3 Å². The molecule has 5 aromatic carbocycles. The van der Waals surface area contributed by atoms with Crippen LogP contribution in [0.3, 0.4) is 0 Å². The number of piperidine rings is 2. The Morgan fingerprint density at radius 2 is 1.39 bits per heavy atom. The number of imide groups is 1. The zero-order valence-corrected chi connectivity index (χ0v) is 64.0. The molecule has 5 amide bonds. The highest BCUT2D eigenvalue weighted by Crippen LogP contribution is 2.45. The molecular formula is C78H98ClF3N12O10S3. The van der Waals surface area contributed by atoms with Gasteiger partial charge in [0.05, 0.1) is 23.7 Å². The minimum Gasteiger partial charge on any atom is -0.380 e. The van der Waals surface area contributed by atoms with E-state index in [0.717, 1.165) is 171 Å². The van der Waals surface area contributed by atoms with Gasteiger partial charge < -0.3 is 34.6 Å². The van der Waals surface area contributed by atoms with Crippen LogP contribution in [0.5, 0.6) is 0 Å². The number of rotatable bonds is 25. The van der Waals surface area contributed by atoms with Crippen LogP contribution in [0.2, 0.25) is 5.02 Å². The SMILES string of the molecule is C[C@@]1(CN2CCN(C(=O)CN3CCC(CCN4CCN(c5ccc6c(c5)CN(C5CCC(=O)NC5=O)C6=O)CC4)CC3)CC2)CCC(c2ccc(Cl)cc2)=C(CN2CCN(c3ccc(C(=O)NS(=O)(=O)c4ccc(N[C@H](CCN5CCCOCC5)CSc5ccccc5)c(S(=O)(=O)C(F)(F)F)c4)cc3)CC2)C1. The number of amides is 5. The Balaban J connectivity index is 0.553. The molecule has 0 spiro atoms. The van der Waals surface area contributed by atoms with E-state index in [4.69, 9.17) is 16.3 Å². The van der Waals surface area contributed by atoms with E-state index < -0.39 is 64.7 Å². The number of allylic oxidation sites excluding steroid dienone is 1. The van der Waals surface area contributed by atoms with Crippen LogP contribution in [0.4, 0.5) is 30.2 Å². The zero-order chi connectivity index (χ0) is 75.0. The van der Waals surface area contributed by atoms with Crippen molar-refractivity contribution in [3.05, 3.63) is 148 Å². The summed E-state index contributed by atoms with van der Waals surface area (Å²) in [6, 6.07) is 31.2. The van der Waals surface area contributed by atoms with Gasteiger partial charge in [0.15, 0.2) is 0 Å². The lowest BCUT2D eigenvalue weighted by Crippen LogP contribution is -2.53. The molecule has 22 nitrogen and oxygen atoms in total. The van der Waals surface area contributed by atoms with E-state index in [9.17, 15) is 54.0 Å².